The SMILES string of the molecule is Cn1c(=O)oc2c(N3CC[N]CC3)cccc21. The van der Waals surface area contributed by atoms with Crippen molar-refractivity contribution in [2.75, 3.05) is 31.1 Å². The number of anilines is 1. The summed E-state index contributed by atoms with van der Waals surface area (Å²) in [7, 11) is 1.73. The minimum atomic E-state index is -0.311. The maximum atomic E-state index is 11.5. The Bertz CT molecular complexity index is 593. The molecule has 0 atom stereocenters. The maximum Gasteiger partial charge on any atom is 0.419 e. The molecule has 0 unspecified atom stereocenters. The van der Waals surface area contributed by atoms with Crippen molar-refractivity contribution in [2.24, 2.45) is 7.05 Å². The monoisotopic (exact) mass is 232 g/mol. The summed E-state index contributed by atoms with van der Waals surface area (Å²) in [6, 6.07) is 5.85. The van der Waals surface area contributed by atoms with Gasteiger partial charge in [0.2, 0.25) is 0 Å². The number of nitrogens with zero attached hydrogens (tertiary/aromatic N) is 3. The summed E-state index contributed by atoms with van der Waals surface area (Å²) in [6.45, 7) is 3.45. The van der Waals surface area contributed by atoms with E-state index in [0.717, 1.165) is 37.4 Å². The summed E-state index contributed by atoms with van der Waals surface area (Å²) in [5.74, 6) is -0.311. The van der Waals surface area contributed by atoms with Crippen LogP contribution in [0.2, 0.25) is 0 Å². The van der Waals surface area contributed by atoms with Gasteiger partial charge in [0.25, 0.3) is 0 Å². The zero-order valence-electron chi connectivity index (χ0n) is 9.72. The molecule has 0 aliphatic carbocycles. The molecule has 1 radical (unpaired) electrons. The summed E-state index contributed by atoms with van der Waals surface area (Å²) in [5.41, 5.74) is 2.52. The fourth-order valence-electron chi connectivity index (χ4n) is 2.23. The summed E-state index contributed by atoms with van der Waals surface area (Å²) in [6.07, 6.45) is 0. The zero-order chi connectivity index (χ0) is 11.8. The third kappa shape index (κ3) is 1.63. The molecule has 2 aromatic rings. The number of oxazole rings is 1. The fraction of sp³-hybridized carbons (Fsp3) is 0.417. The zero-order valence-corrected chi connectivity index (χ0v) is 9.72. The van der Waals surface area contributed by atoms with Crippen molar-refractivity contribution >= 4 is 16.8 Å². The van der Waals surface area contributed by atoms with Gasteiger partial charge in [-0.25, -0.2) is 10.1 Å². The molecule has 89 valence electrons. The maximum absolute atomic E-state index is 11.5. The van der Waals surface area contributed by atoms with E-state index in [1.165, 1.54) is 4.57 Å². The van der Waals surface area contributed by atoms with Crippen LogP contribution in [0.5, 0.6) is 0 Å². The van der Waals surface area contributed by atoms with E-state index in [-0.39, 0.29) is 5.76 Å². The van der Waals surface area contributed by atoms with E-state index in [1.54, 1.807) is 7.05 Å². The molecule has 2 heterocycles. The Balaban J connectivity index is 2.15. The molecular weight excluding hydrogens is 218 g/mol. The smallest absolute Gasteiger partial charge is 0.405 e. The second-order valence-corrected chi connectivity index (χ2v) is 4.21. The van der Waals surface area contributed by atoms with Gasteiger partial charge in [-0.1, -0.05) is 6.07 Å². The number of aryl methyl sites for hydroxylation is 1. The number of para-hydroxylation sites is 1. The highest BCUT2D eigenvalue weighted by molar-refractivity contribution is 5.87. The lowest BCUT2D eigenvalue weighted by atomic mass is 10.2. The van der Waals surface area contributed by atoms with Crippen molar-refractivity contribution in [3.8, 4) is 0 Å². The van der Waals surface area contributed by atoms with Gasteiger partial charge in [-0.3, -0.25) is 4.57 Å². The second kappa shape index (κ2) is 3.92. The molecule has 0 bridgehead atoms. The van der Waals surface area contributed by atoms with Crippen LogP contribution in [0.4, 0.5) is 5.69 Å². The Morgan fingerprint density at radius 2 is 2.06 bits per heavy atom. The molecule has 0 N–H and O–H groups in total. The molecule has 5 nitrogen and oxygen atoms in total. The third-order valence-corrected chi connectivity index (χ3v) is 3.19. The minimum Gasteiger partial charge on any atom is -0.405 e. The van der Waals surface area contributed by atoms with Crippen molar-refractivity contribution in [2.45, 2.75) is 0 Å². The number of rotatable bonds is 1. The van der Waals surface area contributed by atoms with Crippen LogP contribution in [-0.4, -0.2) is 30.7 Å². The molecule has 1 aliphatic heterocycles. The first-order valence-corrected chi connectivity index (χ1v) is 5.74. The van der Waals surface area contributed by atoms with Crippen molar-refractivity contribution in [1.82, 2.24) is 9.88 Å². The second-order valence-electron chi connectivity index (χ2n) is 4.21. The molecule has 0 amide bonds. The van der Waals surface area contributed by atoms with E-state index in [1.807, 2.05) is 18.2 Å². The number of fused-ring (bicyclic) bond motifs is 1. The van der Waals surface area contributed by atoms with E-state index in [9.17, 15) is 4.79 Å². The van der Waals surface area contributed by atoms with Crippen LogP contribution in [0.1, 0.15) is 0 Å². The van der Waals surface area contributed by atoms with E-state index >= 15 is 0 Å². The molecule has 5 heteroatoms. The largest absolute Gasteiger partial charge is 0.419 e. The fourth-order valence-corrected chi connectivity index (χ4v) is 2.23. The number of piperazine rings is 1. The van der Waals surface area contributed by atoms with Gasteiger partial charge in [0.1, 0.15) is 0 Å². The minimum absolute atomic E-state index is 0.311. The first-order valence-electron chi connectivity index (χ1n) is 5.74. The molecule has 3 rings (SSSR count). The van der Waals surface area contributed by atoms with Gasteiger partial charge in [-0.15, -0.1) is 0 Å². The lowest BCUT2D eigenvalue weighted by Gasteiger charge is -2.28. The van der Waals surface area contributed by atoms with Crippen molar-refractivity contribution in [3.63, 3.8) is 0 Å². The van der Waals surface area contributed by atoms with Crippen LogP contribution in [0.25, 0.3) is 11.1 Å². The first-order chi connectivity index (χ1) is 8.27. The number of hydrogen-bond donors (Lipinski definition) is 0. The average Bonchev–Trinajstić information content (AvgIpc) is 2.67. The van der Waals surface area contributed by atoms with Gasteiger partial charge in [-0.2, -0.15) is 0 Å². The van der Waals surface area contributed by atoms with Crippen molar-refractivity contribution < 1.29 is 4.42 Å². The van der Waals surface area contributed by atoms with Crippen LogP contribution >= 0.6 is 0 Å². The molecular formula is C12H14N3O2. The summed E-state index contributed by atoms with van der Waals surface area (Å²) in [5, 5.41) is 4.32. The van der Waals surface area contributed by atoms with Crippen LogP contribution in [0.15, 0.2) is 27.4 Å². The van der Waals surface area contributed by atoms with Crippen molar-refractivity contribution in [3.05, 3.63) is 28.7 Å². The molecule has 17 heavy (non-hydrogen) atoms. The molecule has 1 aliphatic rings. The van der Waals surface area contributed by atoms with Gasteiger partial charge in [0.15, 0.2) is 5.58 Å². The average molecular weight is 232 g/mol. The van der Waals surface area contributed by atoms with E-state index in [0.29, 0.717) is 5.58 Å². The molecule has 1 aromatic carbocycles. The van der Waals surface area contributed by atoms with Gasteiger partial charge in [0, 0.05) is 33.2 Å². The topological polar surface area (TPSA) is 52.5 Å². The molecule has 1 aromatic heterocycles. The Hall–Kier alpha value is -1.75. The highest BCUT2D eigenvalue weighted by atomic mass is 16.4. The van der Waals surface area contributed by atoms with Crippen LogP contribution < -0.4 is 16.0 Å². The predicted molar refractivity (Wildman–Crippen MR) is 65.5 cm³/mol. The summed E-state index contributed by atoms with van der Waals surface area (Å²) >= 11 is 0. The molecule has 0 spiro atoms. The molecule has 1 saturated heterocycles. The number of benzene rings is 1. The van der Waals surface area contributed by atoms with E-state index in [2.05, 4.69) is 10.2 Å². The van der Waals surface area contributed by atoms with E-state index in [4.69, 9.17) is 4.42 Å². The van der Waals surface area contributed by atoms with Gasteiger partial charge in [0.05, 0.1) is 11.2 Å². The van der Waals surface area contributed by atoms with E-state index < -0.39 is 0 Å². The van der Waals surface area contributed by atoms with Crippen molar-refractivity contribution in [1.29, 1.82) is 0 Å². The Morgan fingerprint density at radius 1 is 1.29 bits per heavy atom. The highest BCUT2D eigenvalue weighted by Crippen LogP contribution is 2.26. The number of hydrogen-bond acceptors (Lipinski definition) is 3. The Kier molecular flexibility index (Phi) is 2.40. The Labute approximate surface area is 98.6 Å². The standard InChI is InChI=1S/C12H14N3O2/c1-14-9-3-2-4-10(11(9)17-12(14)16)15-7-5-13-6-8-15/h2-4H,5-8H2,1H3. The summed E-state index contributed by atoms with van der Waals surface area (Å²) in [4.78, 5) is 13.8. The third-order valence-electron chi connectivity index (χ3n) is 3.19. The quantitative estimate of drug-likeness (QED) is 0.721. The lowest BCUT2D eigenvalue weighted by Crippen LogP contribution is -2.40. The summed E-state index contributed by atoms with van der Waals surface area (Å²) < 4.78 is 6.85. The van der Waals surface area contributed by atoms with Crippen LogP contribution in [-0.2, 0) is 7.05 Å². The Morgan fingerprint density at radius 3 is 2.82 bits per heavy atom. The lowest BCUT2D eigenvalue weighted by molar-refractivity contribution is 0.524. The normalized spacial score (nSPS) is 16.6. The van der Waals surface area contributed by atoms with Gasteiger partial charge in [-0.05, 0) is 12.1 Å². The van der Waals surface area contributed by atoms with Gasteiger partial charge < -0.3 is 9.32 Å². The molecule has 1 fully saturated rings. The molecule has 0 saturated carbocycles. The highest BCUT2D eigenvalue weighted by Gasteiger charge is 2.17. The van der Waals surface area contributed by atoms with Crippen LogP contribution in [0, 0.1) is 0 Å². The first kappa shape index (κ1) is 10.4. The predicted octanol–water partition coefficient (Wildman–Crippen LogP) is 0.556. The van der Waals surface area contributed by atoms with Gasteiger partial charge >= 0.3 is 5.76 Å². The number of aromatic nitrogens is 1. The van der Waals surface area contributed by atoms with Crippen LogP contribution in [0.3, 0.4) is 0 Å².